The van der Waals surface area contributed by atoms with Crippen LogP contribution in [-0.2, 0) is 5.75 Å². The van der Waals surface area contributed by atoms with Gasteiger partial charge in [-0.2, -0.15) is 4.98 Å². The molecule has 0 atom stereocenters. The minimum absolute atomic E-state index is 0.469. The molecule has 5 rings (SSSR count). The Morgan fingerprint density at radius 2 is 1.84 bits per heavy atom. The summed E-state index contributed by atoms with van der Waals surface area (Å²) in [5.41, 5.74) is 3.74. The van der Waals surface area contributed by atoms with E-state index in [9.17, 15) is 0 Å². The Bertz CT molecular complexity index is 1390. The van der Waals surface area contributed by atoms with Gasteiger partial charge in [0.15, 0.2) is 10.8 Å². The lowest BCUT2D eigenvalue weighted by Gasteiger charge is -2.09. The largest absolute Gasteiger partial charge is 0.497 e. The topological polar surface area (TPSA) is 87.6 Å². The van der Waals surface area contributed by atoms with Gasteiger partial charge in [-0.1, -0.05) is 29.1 Å². The highest BCUT2D eigenvalue weighted by molar-refractivity contribution is 7.98. The fourth-order valence-corrected chi connectivity index (χ4v) is 4.23. The third-order valence-electron chi connectivity index (χ3n) is 5.00. The molecule has 3 heterocycles. The van der Waals surface area contributed by atoms with Crippen molar-refractivity contribution in [3.63, 3.8) is 0 Å². The smallest absolute Gasteiger partial charge is 0.237 e. The van der Waals surface area contributed by atoms with E-state index in [0.29, 0.717) is 17.5 Å². The number of methoxy groups -OCH3 is 2. The third kappa shape index (κ3) is 3.57. The maximum atomic E-state index is 5.45. The van der Waals surface area contributed by atoms with Gasteiger partial charge >= 0.3 is 0 Å². The van der Waals surface area contributed by atoms with Gasteiger partial charge in [0.1, 0.15) is 11.5 Å². The number of nitrogens with zero attached hydrogens (tertiary/aromatic N) is 5. The third-order valence-corrected chi connectivity index (χ3v) is 5.91. The average Bonchev–Trinajstić information content (AvgIpc) is 3.44. The van der Waals surface area contributed by atoms with E-state index < -0.39 is 0 Å². The van der Waals surface area contributed by atoms with E-state index in [4.69, 9.17) is 14.0 Å². The van der Waals surface area contributed by atoms with Gasteiger partial charge in [0, 0.05) is 17.0 Å². The summed E-state index contributed by atoms with van der Waals surface area (Å²) < 4.78 is 18.1. The molecule has 3 aromatic heterocycles. The van der Waals surface area contributed by atoms with Gasteiger partial charge in [-0.3, -0.25) is 4.40 Å². The van der Waals surface area contributed by atoms with Crippen LogP contribution in [0.2, 0.25) is 0 Å². The molecule has 0 aliphatic carbocycles. The summed E-state index contributed by atoms with van der Waals surface area (Å²) in [6.07, 6.45) is 0. The monoisotopic (exact) mass is 433 g/mol. The molecule has 0 N–H and O–H groups in total. The van der Waals surface area contributed by atoms with Gasteiger partial charge in [-0.05, 0) is 42.8 Å². The van der Waals surface area contributed by atoms with E-state index in [1.54, 1.807) is 14.2 Å². The first-order valence-corrected chi connectivity index (χ1v) is 10.6. The lowest BCUT2D eigenvalue weighted by atomic mass is 10.1. The van der Waals surface area contributed by atoms with Crippen LogP contribution in [0.1, 0.15) is 11.5 Å². The number of hydrogen-bond donors (Lipinski definition) is 0. The van der Waals surface area contributed by atoms with Crippen LogP contribution >= 0.6 is 11.8 Å². The Morgan fingerprint density at radius 1 is 1.00 bits per heavy atom. The predicted molar refractivity (Wildman–Crippen MR) is 118 cm³/mol. The summed E-state index contributed by atoms with van der Waals surface area (Å²) in [4.78, 5) is 4.51. The summed E-state index contributed by atoms with van der Waals surface area (Å²) in [6.45, 7) is 2.06. The van der Waals surface area contributed by atoms with Gasteiger partial charge in [0.2, 0.25) is 11.7 Å². The molecule has 9 heteroatoms. The highest BCUT2D eigenvalue weighted by Gasteiger charge is 2.15. The first-order chi connectivity index (χ1) is 15.2. The minimum Gasteiger partial charge on any atom is -0.497 e. The maximum absolute atomic E-state index is 5.45. The Hall–Kier alpha value is -3.59. The highest BCUT2D eigenvalue weighted by atomic mass is 32.2. The van der Waals surface area contributed by atoms with Gasteiger partial charge in [-0.15, -0.1) is 10.2 Å². The Balaban J connectivity index is 1.45. The van der Waals surface area contributed by atoms with E-state index in [1.165, 1.54) is 11.8 Å². The van der Waals surface area contributed by atoms with Gasteiger partial charge in [0.05, 0.1) is 25.5 Å². The Labute approximate surface area is 182 Å². The van der Waals surface area contributed by atoms with E-state index in [-0.39, 0.29) is 0 Å². The zero-order chi connectivity index (χ0) is 21.4. The minimum atomic E-state index is 0.469. The molecular formula is C22H19N5O3S. The molecule has 0 saturated heterocycles. The number of pyridine rings is 1. The molecule has 8 nitrogen and oxygen atoms in total. The van der Waals surface area contributed by atoms with Gasteiger partial charge < -0.3 is 14.0 Å². The van der Waals surface area contributed by atoms with Crippen molar-refractivity contribution in [2.75, 3.05) is 14.2 Å². The number of ether oxygens (including phenoxy) is 2. The quantitative estimate of drug-likeness (QED) is 0.361. The first kappa shape index (κ1) is 19.4. The van der Waals surface area contributed by atoms with Crippen LogP contribution < -0.4 is 9.47 Å². The summed E-state index contributed by atoms with van der Waals surface area (Å²) in [5.74, 6) is 3.02. The summed E-state index contributed by atoms with van der Waals surface area (Å²) >= 11 is 1.49. The van der Waals surface area contributed by atoms with Crippen molar-refractivity contribution in [3.8, 4) is 22.9 Å². The molecular weight excluding hydrogens is 414 g/mol. The van der Waals surface area contributed by atoms with Crippen molar-refractivity contribution in [1.29, 1.82) is 0 Å². The molecule has 0 bridgehead atoms. The van der Waals surface area contributed by atoms with Crippen molar-refractivity contribution >= 4 is 28.3 Å². The molecule has 0 saturated carbocycles. The van der Waals surface area contributed by atoms with E-state index in [0.717, 1.165) is 44.3 Å². The Kier molecular flexibility index (Phi) is 4.95. The van der Waals surface area contributed by atoms with Crippen molar-refractivity contribution in [2.45, 2.75) is 17.8 Å². The lowest BCUT2D eigenvalue weighted by molar-refractivity contribution is 0.391. The van der Waals surface area contributed by atoms with Crippen LogP contribution in [0, 0.1) is 6.92 Å². The molecule has 0 fully saturated rings. The van der Waals surface area contributed by atoms with Crippen molar-refractivity contribution in [3.05, 3.63) is 60.0 Å². The van der Waals surface area contributed by atoms with E-state index in [2.05, 4.69) is 33.3 Å². The van der Waals surface area contributed by atoms with Crippen molar-refractivity contribution < 1.29 is 14.0 Å². The maximum Gasteiger partial charge on any atom is 0.237 e. The highest BCUT2D eigenvalue weighted by Crippen LogP contribution is 2.30. The number of fused-ring (bicyclic) bond motifs is 3. The molecule has 0 radical (unpaired) electrons. The molecule has 0 aliphatic heterocycles. The van der Waals surface area contributed by atoms with Gasteiger partial charge in [-0.25, -0.2) is 0 Å². The molecule has 5 aromatic rings. The molecule has 0 aliphatic rings. The summed E-state index contributed by atoms with van der Waals surface area (Å²) in [6, 6.07) is 15.6. The summed E-state index contributed by atoms with van der Waals surface area (Å²) in [5, 5.41) is 14.7. The second-order valence-electron chi connectivity index (χ2n) is 6.92. The van der Waals surface area contributed by atoms with Crippen molar-refractivity contribution in [1.82, 2.24) is 24.7 Å². The number of hydrogen-bond acceptors (Lipinski definition) is 8. The molecule has 31 heavy (non-hydrogen) atoms. The zero-order valence-electron chi connectivity index (χ0n) is 17.2. The molecule has 0 unspecified atom stereocenters. The second kappa shape index (κ2) is 7.92. The van der Waals surface area contributed by atoms with Crippen LogP contribution in [0.4, 0.5) is 0 Å². The number of rotatable bonds is 6. The summed E-state index contributed by atoms with van der Waals surface area (Å²) in [7, 11) is 3.28. The van der Waals surface area contributed by atoms with Crippen LogP contribution in [0.5, 0.6) is 11.5 Å². The molecule has 0 spiro atoms. The van der Waals surface area contributed by atoms with Crippen LogP contribution in [-0.4, -0.2) is 39.0 Å². The van der Waals surface area contributed by atoms with Crippen LogP contribution in [0.25, 0.3) is 27.9 Å². The SMILES string of the molecule is COc1cccc(-c2noc(CSc3nnc4cc(C)c5ccc(OC)cc5n34)n2)c1. The zero-order valence-corrected chi connectivity index (χ0v) is 18.0. The van der Waals surface area contributed by atoms with Crippen LogP contribution in [0.15, 0.2) is 58.2 Å². The van der Waals surface area contributed by atoms with Crippen LogP contribution in [0.3, 0.4) is 0 Å². The fraction of sp³-hybridized carbons (Fsp3) is 0.182. The predicted octanol–water partition coefficient (Wildman–Crippen LogP) is 4.55. The standard InChI is InChI=1S/C22H19N5O3S/c1-13-9-19-24-25-22(27(19)18-11-16(29-3)7-8-17(13)18)31-12-20-23-21(26-30-20)14-5-4-6-15(10-14)28-2/h4-11H,12H2,1-3H3. The first-order valence-electron chi connectivity index (χ1n) is 9.58. The Morgan fingerprint density at radius 3 is 2.68 bits per heavy atom. The molecule has 0 amide bonds. The van der Waals surface area contributed by atoms with Crippen molar-refractivity contribution in [2.24, 2.45) is 0 Å². The fourth-order valence-electron chi connectivity index (χ4n) is 3.44. The number of thioether (sulfide) groups is 1. The molecule has 156 valence electrons. The normalized spacial score (nSPS) is 11.3. The lowest BCUT2D eigenvalue weighted by Crippen LogP contribution is -1.95. The molecule has 2 aromatic carbocycles. The van der Waals surface area contributed by atoms with Gasteiger partial charge in [0.25, 0.3) is 0 Å². The second-order valence-corrected chi connectivity index (χ2v) is 7.86. The number of benzene rings is 2. The number of aromatic nitrogens is 5. The van der Waals surface area contributed by atoms with E-state index in [1.807, 2.05) is 46.9 Å². The van der Waals surface area contributed by atoms with E-state index >= 15 is 0 Å². The number of aryl methyl sites for hydroxylation is 1. The average molecular weight is 433 g/mol.